The number of pyridine rings is 1. The summed E-state index contributed by atoms with van der Waals surface area (Å²) in [5.74, 6) is 0.667. The molecule has 0 aliphatic rings. The Balaban J connectivity index is 1.99. The summed E-state index contributed by atoms with van der Waals surface area (Å²) in [5.41, 5.74) is 7.71. The first-order valence-corrected chi connectivity index (χ1v) is 7.85. The summed E-state index contributed by atoms with van der Waals surface area (Å²) in [5, 5.41) is 5.06. The van der Waals surface area contributed by atoms with Gasteiger partial charge in [0.05, 0.1) is 5.52 Å². The minimum absolute atomic E-state index is 0.259. The van der Waals surface area contributed by atoms with Crippen LogP contribution in [0.15, 0.2) is 52.8 Å². The summed E-state index contributed by atoms with van der Waals surface area (Å²) in [6.45, 7) is 4.09. The second kappa shape index (κ2) is 6.19. The lowest BCUT2D eigenvalue weighted by molar-refractivity contribution is 0.882. The number of hydrogen-bond donors (Lipinski definition) is 2. The smallest absolute Gasteiger partial charge is 0.154 e. The van der Waals surface area contributed by atoms with Crippen molar-refractivity contribution >= 4 is 34.2 Å². The Labute approximate surface area is 133 Å². The molecule has 1 aromatic carbocycles. The SMILES string of the molecule is CC(C)Nc1ncnc(Sc2cccc3cccnc23)c1N. The van der Waals surface area contributed by atoms with Crippen molar-refractivity contribution in [3.63, 3.8) is 0 Å². The molecule has 0 aliphatic heterocycles. The maximum atomic E-state index is 6.19. The van der Waals surface area contributed by atoms with Crippen molar-refractivity contribution in [2.45, 2.75) is 29.8 Å². The van der Waals surface area contributed by atoms with Gasteiger partial charge < -0.3 is 11.1 Å². The van der Waals surface area contributed by atoms with Gasteiger partial charge in [-0.3, -0.25) is 4.98 Å². The Morgan fingerprint density at radius 3 is 2.73 bits per heavy atom. The summed E-state index contributed by atoms with van der Waals surface area (Å²) in [6, 6.07) is 10.3. The van der Waals surface area contributed by atoms with E-state index in [0.29, 0.717) is 11.5 Å². The van der Waals surface area contributed by atoms with Crippen LogP contribution in [0.3, 0.4) is 0 Å². The average Bonchev–Trinajstić information content (AvgIpc) is 2.51. The Kier molecular flexibility index (Phi) is 4.11. The van der Waals surface area contributed by atoms with Crippen LogP contribution in [0.2, 0.25) is 0 Å². The molecule has 0 aliphatic carbocycles. The summed E-state index contributed by atoms with van der Waals surface area (Å²) < 4.78 is 0. The molecule has 6 heteroatoms. The molecule has 2 heterocycles. The molecule has 2 aromatic heterocycles. The molecule has 3 aromatic rings. The number of nitrogens with two attached hydrogens (primary N) is 1. The number of fused-ring (bicyclic) bond motifs is 1. The maximum absolute atomic E-state index is 6.19. The van der Waals surface area contributed by atoms with E-state index < -0.39 is 0 Å². The van der Waals surface area contributed by atoms with Gasteiger partial charge in [0.15, 0.2) is 5.82 Å². The summed E-state index contributed by atoms with van der Waals surface area (Å²) in [4.78, 5) is 14.0. The Bertz CT molecular complexity index is 798. The number of rotatable bonds is 4. The molecule has 22 heavy (non-hydrogen) atoms. The van der Waals surface area contributed by atoms with Gasteiger partial charge in [-0.1, -0.05) is 30.0 Å². The van der Waals surface area contributed by atoms with E-state index in [-0.39, 0.29) is 6.04 Å². The predicted octanol–water partition coefficient (Wildman–Crippen LogP) is 3.58. The minimum Gasteiger partial charge on any atom is -0.394 e. The molecule has 0 radical (unpaired) electrons. The number of hydrogen-bond acceptors (Lipinski definition) is 6. The van der Waals surface area contributed by atoms with E-state index in [4.69, 9.17) is 5.73 Å². The third kappa shape index (κ3) is 2.96. The second-order valence-corrected chi connectivity index (χ2v) is 6.20. The van der Waals surface area contributed by atoms with Crippen molar-refractivity contribution in [3.8, 4) is 0 Å². The average molecular weight is 311 g/mol. The molecule has 0 spiro atoms. The number of benzene rings is 1. The highest BCUT2D eigenvalue weighted by atomic mass is 32.2. The topological polar surface area (TPSA) is 76.7 Å². The number of nitrogen functional groups attached to an aromatic ring is 1. The summed E-state index contributed by atoms with van der Waals surface area (Å²) in [6.07, 6.45) is 3.32. The number of anilines is 2. The van der Waals surface area contributed by atoms with Crippen LogP contribution >= 0.6 is 11.8 Å². The van der Waals surface area contributed by atoms with Crippen molar-refractivity contribution in [1.82, 2.24) is 15.0 Å². The third-order valence-electron chi connectivity index (χ3n) is 3.08. The lowest BCUT2D eigenvalue weighted by atomic mass is 10.2. The van der Waals surface area contributed by atoms with Crippen LogP contribution in [-0.2, 0) is 0 Å². The first kappa shape index (κ1) is 14.6. The molecule has 5 nitrogen and oxygen atoms in total. The Morgan fingerprint density at radius 1 is 1.09 bits per heavy atom. The van der Waals surface area contributed by atoms with Gasteiger partial charge in [-0.05, 0) is 26.0 Å². The van der Waals surface area contributed by atoms with E-state index in [1.54, 1.807) is 6.20 Å². The van der Waals surface area contributed by atoms with E-state index in [1.165, 1.54) is 18.1 Å². The van der Waals surface area contributed by atoms with Gasteiger partial charge in [-0.25, -0.2) is 9.97 Å². The van der Waals surface area contributed by atoms with E-state index in [2.05, 4.69) is 20.3 Å². The highest BCUT2D eigenvalue weighted by molar-refractivity contribution is 7.99. The van der Waals surface area contributed by atoms with Gasteiger partial charge in [0.2, 0.25) is 0 Å². The van der Waals surface area contributed by atoms with Gasteiger partial charge >= 0.3 is 0 Å². The molecule has 112 valence electrons. The van der Waals surface area contributed by atoms with Crippen molar-refractivity contribution in [2.24, 2.45) is 0 Å². The van der Waals surface area contributed by atoms with E-state index >= 15 is 0 Å². The number of nitrogens with one attached hydrogen (secondary N) is 1. The van der Waals surface area contributed by atoms with Crippen LogP contribution in [-0.4, -0.2) is 21.0 Å². The van der Waals surface area contributed by atoms with Gasteiger partial charge in [0.1, 0.15) is 17.0 Å². The molecule has 0 atom stereocenters. The molecule has 0 saturated carbocycles. The molecule has 0 fully saturated rings. The Hall–Kier alpha value is -2.34. The molecule has 0 saturated heterocycles. The zero-order valence-corrected chi connectivity index (χ0v) is 13.3. The fourth-order valence-corrected chi connectivity index (χ4v) is 3.04. The zero-order valence-electron chi connectivity index (χ0n) is 12.4. The van der Waals surface area contributed by atoms with E-state index in [9.17, 15) is 0 Å². The van der Waals surface area contributed by atoms with Crippen molar-refractivity contribution in [3.05, 3.63) is 42.9 Å². The van der Waals surface area contributed by atoms with Crippen LogP contribution in [0.25, 0.3) is 10.9 Å². The van der Waals surface area contributed by atoms with E-state index in [0.717, 1.165) is 20.8 Å². The summed E-state index contributed by atoms with van der Waals surface area (Å²) >= 11 is 1.51. The van der Waals surface area contributed by atoms with Crippen LogP contribution < -0.4 is 11.1 Å². The molecule has 3 rings (SSSR count). The second-order valence-electron chi connectivity index (χ2n) is 5.17. The third-order valence-corrected chi connectivity index (χ3v) is 4.14. The highest BCUT2D eigenvalue weighted by Gasteiger charge is 2.12. The molecule has 3 N–H and O–H groups in total. The molecular formula is C16H17N5S. The highest BCUT2D eigenvalue weighted by Crippen LogP contribution is 2.36. The quantitative estimate of drug-likeness (QED) is 0.717. The molecule has 0 unspecified atom stereocenters. The van der Waals surface area contributed by atoms with Gasteiger partial charge in [-0.15, -0.1) is 0 Å². The van der Waals surface area contributed by atoms with Crippen molar-refractivity contribution in [2.75, 3.05) is 11.1 Å². The molecule has 0 bridgehead atoms. The van der Waals surface area contributed by atoms with Crippen LogP contribution in [0.4, 0.5) is 11.5 Å². The standard InChI is InChI=1S/C16H17N5S/c1-10(2)21-15-13(17)16(20-9-19-15)22-12-7-3-5-11-6-4-8-18-14(11)12/h3-10H,17H2,1-2H3,(H,19,20,21). The number of para-hydroxylation sites is 1. The first-order valence-electron chi connectivity index (χ1n) is 7.04. The number of nitrogens with zero attached hydrogens (tertiary/aromatic N) is 3. The van der Waals surface area contributed by atoms with Crippen molar-refractivity contribution in [1.29, 1.82) is 0 Å². The van der Waals surface area contributed by atoms with Crippen LogP contribution in [0, 0.1) is 0 Å². The molecular weight excluding hydrogens is 294 g/mol. The first-order chi connectivity index (χ1) is 10.6. The normalized spacial score (nSPS) is 11.0. The largest absolute Gasteiger partial charge is 0.394 e. The lowest BCUT2D eigenvalue weighted by Crippen LogP contribution is -2.13. The van der Waals surface area contributed by atoms with Gasteiger partial charge in [-0.2, -0.15) is 0 Å². The fraction of sp³-hybridized carbons (Fsp3) is 0.188. The minimum atomic E-state index is 0.259. The van der Waals surface area contributed by atoms with Crippen LogP contribution in [0.1, 0.15) is 13.8 Å². The summed E-state index contributed by atoms with van der Waals surface area (Å²) in [7, 11) is 0. The fourth-order valence-electron chi connectivity index (χ4n) is 2.11. The molecule has 0 amide bonds. The van der Waals surface area contributed by atoms with Crippen molar-refractivity contribution < 1.29 is 0 Å². The monoisotopic (exact) mass is 311 g/mol. The van der Waals surface area contributed by atoms with Crippen LogP contribution in [0.5, 0.6) is 0 Å². The maximum Gasteiger partial charge on any atom is 0.154 e. The Morgan fingerprint density at radius 2 is 1.91 bits per heavy atom. The predicted molar refractivity (Wildman–Crippen MR) is 91.1 cm³/mol. The lowest BCUT2D eigenvalue weighted by Gasteiger charge is -2.13. The number of aromatic nitrogens is 3. The zero-order chi connectivity index (χ0) is 15.5. The van der Waals surface area contributed by atoms with Gasteiger partial charge in [0, 0.05) is 22.5 Å². The van der Waals surface area contributed by atoms with E-state index in [1.807, 2.05) is 44.2 Å². The van der Waals surface area contributed by atoms with Gasteiger partial charge in [0.25, 0.3) is 0 Å².